The molecule has 6 nitrogen and oxygen atoms in total. The summed E-state index contributed by atoms with van der Waals surface area (Å²) >= 11 is 13.7. The minimum Gasteiger partial charge on any atom is -0.489 e. The van der Waals surface area contributed by atoms with E-state index in [0.717, 1.165) is 5.56 Å². The van der Waals surface area contributed by atoms with Crippen molar-refractivity contribution in [3.8, 4) is 32.6 Å². The van der Waals surface area contributed by atoms with Gasteiger partial charge in [0.15, 0.2) is 11.6 Å². The van der Waals surface area contributed by atoms with Gasteiger partial charge in [-0.15, -0.1) is 10.2 Å². The molecule has 0 radical (unpaired) electrons. The van der Waals surface area contributed by atoms with Crippen LogP contribution in [0.5, 0.6) is 11.5 Å². The predicted molar refractivity (Wildman–Crippen MR) is 117 cm³/mol. The van der Waals surface area contributed by atoms with E-state index in [2.05, 4.69) is 10.2 Å². The average Bonchev–Trinajstić information content (AvgIpc) is 3.18. The van der Waals surface area contributed by atoms with Crippen molar-refractivity contribution >= 4 is 34.5 Å². The molecule has 1 atom stereocenters. The van der Waals surface area contributed by atoms with E-state index in [1.807, 2.05) is 19.9 Å². The lowest BCUT2D eigenvalue weighted by Crippen LogP contribution is -2.31. The van der Waals surface area contributed by atoms with Crippen molar-refractivity contribution in [2.24, 2.45) is 5.73 Å². The number of nitrogens with zero attached hydrogens (tertiary/aromatic N) is 2. The highest BCUT2D eigenvalue weighted by Gasteiger charge is 2.17. The molecule has 3 aromatic rings. The molecule has 30 heavy (non-hydrogen) atoms. The summed E-state index contributed by atoms with van der Waals surface area (Å²) in [6.07, 6.45) is 0.00690. The summed E-state index contributed by atoms with van der Waals surface area (Å²) in [5, 5.41) is 18.9. The van der Waals surface area contributed by atoms with E-state index < -0.39 is 11.9 Å². The lowest BCUT2D eigenvalue weighted by atomic mass is 10.2. The van der Waals surface area contributed by atoms with E-state index in [1.165, 1.54) is 17.4 Å². The standard InChI is InChI=1S/C20H20Cl2FN3O3S/c1-10(2)29-17-4-3-11(5-14(17)21)19-25-26-20(30-19)12-6-15(22)18(16(23)7-12)28-9-13(24)8-27/h3-7,10,13,27H,8-9,24H2,1-2H3/t13-/m1/s1. The van der Waals surface area contributed by atoms with Gasteiger partial charge in [-0.05, 0) is 44.2 Å². The quantitative estimate of drug-likeness (QED) is 0.490. The van der Waals surface area contributed by atoms with Crippen LogP contribution in [0.3, 0.4) is 0 Å². The Labute approximate surface area is 187 Å². The number of aliphatic hydroxyl groups is 1. The van der Waals surface area contributed by atoms with E-state index in [4.69, 9.17) is 43.5 Å². The molecule has 2 aromatic carbocycles. The third-order valence-electron chi connectivity index (χ3n) is 3.89. The maximum absolute atomic E-state index is 14.5. The van der Waals surface area contributed by atoms with Gasteiger partial charge in [-0.3, -0.25) is 0 Å². The Kier molecular flexibility index (Phi) is 7.49. The second kappa shape index (κ2) is 9.89. The van der Waals surface area contributed by atoms with E-state index in [9.17, 15) is 4.39 Å². The number of hydrogen-bond acceptors (Lipinski definition) is 7. The Bertz CT molecular complexity index is 1010. The Balaban J connectivity index is 1.83. The predicted octanol–water partition coefficient (Wildman–Crippen LogP) is 4.80. The van der Waals surface area contributed by atoms with E-state index in [-0.39, 0.29) is 30.1 Å². The number of benzene rings is 2. The highest BCUT2D eigenvalue weighted by Crippen LogP contribution is 2.37. The van der Waals surface area contributed by atoms with Crippen molar-refractivity contribution in [2.75, 3.05) is 13.2 Å². The average molecular weight is 472 g/mol. The smallest absolute Gasteiger partial charge is 0.173 e. The van der Waals surface area contributed by atoms with E-state index in [0.29, 0.717) is 26.4 Å². The molecule has 1 heterocycles. The summed E-state index contributed by atoms with van der Waals surface area (Å²) < 4.78 is 25.4. The van der Waals surface area contributed by atoms with Crippen molar-refractivity contribution in [1.29, 1.82) is 0 Å². The second-order valence-corrected chi connectivity index (χ2v) is 8.54. The van der Waals surface area contributed by atoms with Crippen molar-refractivity contribution in [2.45, 2.75) is 26.0 Å². The molecular formula is C20H20Cl2FN3O3S. The van der Waals surface area contributed by atoms with Gasteiger partial charge in [0.1, 0.15) is 22.4 Å². The van der Waals surface area contributed by atoms with Crippen molar-refractivity contribution in [3.63, 3.8) is 0 Å². The number of ether oxygens (including phenoxy) is 2. The van der Waals surface area contributed by atoms with Crippen LogP contribution in [0.1, 0.15) is 13.8 Å². The number of hydrogen-bond donors (Lipinski definition) is 2. The molecule has 3 N–H and O–H groups in total. The van der Waals surface area contributed by atoms with Gasteiger partial charge >= 0.3 is 0 Å². The Morgan fingerprint density at radius 3 is 2.37 bits per heavy atom. The largest absolute Gasteiger partial charge is 0.489 e. The van der Waals surface area contributed by atoms with Gasteiger partial charge in [0, 0.05) is 11.1 Å². The molecule has 10 heteroatoms. The first kappa shape index (κ1) is 22.7. The first-order chi connectivity index (χ1) is 14.3. The molecule has 0 saturated carbocycles. The van der Waals surface area contributed by atoms with E-state index in [1.54, 1.807) is 18.2 Å². The van der Waals surface area contributed by atoms with Crippen LogP contribution < -0.4 is 15.2 Å². The maximum atomic E-state index is 14.5. The topological polar surface area (TPSA) is 90.5 Å². The van der Waals surface area contributed by atoms with Crippen LogP contribution in [-0.4, -0.2) is 40.7 Å². The van der Waals surface area contributed by atoms with Crippen LogP contribution in [-0.2, 0) is 0 Å². The molecule has 3 rings (SSSR count). The summed E-state index contributed by atoms with van der Waals surface area (Å²) in [5.41, 5.74) is 6.80. The molecule has 0 amide bonds. The zero-order valence-electron chi connectivity index (χ0n) is 16.2. The highest BCUT2D eigenvalue weighted by atomic mass is 35.5. The van der Waals surface area contributed by atoms with Crippen LogP contribution in [0.15, 0.2) is 30.3 Å². The summed E-state index contributed by atoms with van der Waals surface area (Å²) in [7, 11) is 0. The fourth-order valence-electron chi connectivity index (χ4n) is 2.50. The Morgan fingerprint density at radius 1 is 1.10 bits per heavy atom. The van der Waals surface area contributed by atoms with Gasteiger partial charge in [0.25, 0.3) is 0 Å². The van der Waals surface area contributed by atoms with E-state index >= 15 is 0 Å². The third kappa shape index (κ3) is 5.39. The lowest BCUT2D eigenvalue weighted by Gasteiger charge is -2.13. The molecule has 0 aliphatic heterocycles. The Morgan fingerprint density at radius 2 is 1.77 bits per heavy atom. The van der Waals surface area contributed by atoms with Crippen LogP contribution in [0.25, 0.3) is 21.1 Å². The number of halogens is 3. The number of aromatic nitrogens is 2. The number of aliphatic hydroxyl groups excluding tert-OH is 1. The molecule has 0 spiro atoms. The number of nitrogens with two attached hydrogens (primary N) is 1. The molecule has 0 fully saturated rings. The molecular weight excluding hydrogens is 452 g/mol. The third-order valence-corrected chi connectivity index (χ3v) is 5.49. The normalized spacial score (nSPS) is 12.3. The highest BCUT2D eigenvalue weighted by molar-refractivity contribution is 7.17. The molecule has 0 aliphatic carbocycles. The first-order valence-corrected chi connectivity index (χ1v) is 10.6. The maximum Gasteiger partial charge on any atom is 0.173 e. The van der Waals surface area contributed by atoms with Crippen LogP contribution >= 0.6 is 34.5 Å². The number of rotatable bonds is 8. The SMILES string of the molecule is CC(C)Oc1ccc(-c2nnc(-c3cc(F)c(OC[C@H](N)CO)c(Cl)c3)s2)cc1Cl. The van der Waals surface area contributed by atoms with Gasteiger partial charge in [0.05, 0.1) is 28.8 Å². The fourth-order valence-corrected chi connectivity index (χ4v) is 3.82. The van der Waals surface area contributed by atoms with Gasteiger partial charge in [-0.25, -0.2) is 4.39 Å². The summed E-state index contributed by atoms with van der Waals surface area (Å²) in [6, 6.07) is 7.54. The van der Waals surface area contributed by atoms with Gasteiger partial charge in [-0.1, -0.05) is 34.5 Å². The molecule has 160 valence electrons. The van der Waals surface area contributed by atoms with Crippen molar-refractivity contribution in [3.05, 3.63) is 46.2 Å². The molecule has 0 unspecified atom stereocenters. The molecule has 0 aliphatic rings. The second-order valence-electron chi connectivity index (χ2n) is 6.75. The van der Waals surface area contributed by atoms with Crippen molar-refractivity contribution in [1.82, 2.24) is 10.2 Å². The fraction of sp³-hybridized carbons (Fsp3) is 0.300. The van der Waals surface area contributed by atoms with Gasteiger partial charge in [0.2, 0.25) is 0 Å². The van der Waals surface area contributed by atoms with Gasteiger partial charge < -0.3 is 20.3 Å². The first-order valence-electron chi connectivity index (χ1n) is 9.07. The zero-order valence-corrected chi connectivity index (χ0v) is 18.6. The molecule has 1 aromatic heterocycles. The summed E-state index contributed by atoms with van der Waals surface area (Å²) in [6.45, 7) is 3.50. The lowest BCUT2D eigenvalue weighted by molar-refractivity contribution is 0.202. The minimum absolute atomic E-state index is 0.00690. The summed E-state index contributed by atoms with van der Waals surface area (Å²) in [4.78, 5) is 0. The minimum atomic E-state index is -0.655. The Hall–Kier alpha value is -1.97. The zero-order chi connectivity index (χ0) is 21.8. The molecule has 0 saturated heterocycles. The monoisotopic (exact) mass is 471 g/mol. The van der Waals surface area contributed by atoms with Crippen LogP contribution in [0.4, 0.5) is 4.39 Å². The van der Waals surface area contributed by atoms with Gasteiger partial charge in [-0.2, -0.15) is 0 Å². The van der Waals surface area contributed by atoms with Crippen LogP contribution in [0, 0.1) is 5.82 Å². The summed E-state index contributed by atoms with van der Waals surface area (Å²) in [5.74, 6) is -0.190. The van der Waals surface area contributed by atoms with Crippen molar-refractivity contribution < 1.29 is 19.0 Å². The van der Waals surface area contributed by atoms with Crippen LogP contribution in [0.2, 0.25) is 10.0 Å². The molecule has 0 bridgehead atoms.